The van der Waals surface area contributed by atoms with Gasteiger partial charge in [-0.3, -0.25) is 4.79 Å². The standard InChI is InChI=1S/C16H22NO2/c18-16(14-7-3-1-4-8-14)10-6-2-5-9-15-13-19-12-11-17-15/h1,3-4,7-8,15H,2,5-6,9-13H2. The summed E-state index contributed by atoms with van der Waals surface area (Å²) in [6, 6.07) is 9.93. The lowest BCUT2D eigenvalue weighted by molar-refractivity contribution is 0.0709. The lowest BCUT2D eigenvalue weighted by atomic mass is 10.0. The van der Waals surface area contributed by atoms with Crippen molar-refractivity contribution < 1.29 is 9.53 Å². The van der Waals surface area contributed by atoms with Crippen LogP contribution >= 0.6 is 0 Å². The van der Waals surface area contributed by atoms with Crippen molar-refractivity contribution in [2.75, 3.05) is 19.8 Å². The smallest absolute Gasteiger partial charge is 0.162 e. The van der Waals surface area contributed by atoms with Gasteiger partial charge in [-0.1, -0.05) is 43.2 Å². The Morgan fingerprint density at radius 3 is 2.79 bits per heavy atom. The predicted molar refractivity (Wildman–Crippen MR) is 75.5 cm³/mol. The van der Waals surface area contributed by atoms with Crippen LogP contribution in [0.15, 0.2) is 30.3 Å². The summed E-state index contributed by atoms with van der Waals surface area (Å²) in [7, 11) is 0. The Hall–Kier alpha value is -1.19. The van der Waals surface area contributed by atoms with Crippen LogP contribution < -0.4 is 5.32 Å². The molecule has 0 spiro atoms. The summed E-state index contributed by atoms with van der Waals surface area (Å²) in [6.45, 7) is 2.40. The first-order chi connectivity index (χ1) is 9.36. The fourth-order valence-electron chi connectivity index (χ4n) is 2.36. The van der Waals surface area contributed by atoms with Gasteiger partial charge in [0.05, 0.1) is 13.2 Å². The maximum absolute atomic E-state index is 11.9. The lowest BCUT2D eigenvalue weighted by Crippen LogP contribution is -2.35. The molecule has 0 aliphatic carbocycles. The minimum atomic E-state index is 0.256. The number of Topliss-reactive ketones (excluding diaryl/α,β-unsaturated/α-hetero) is 1. The van der Waals surface area contributed by atoms with E-state index in [0.29, 0.717) is 12.5 Å². The summed E-state index contributed by atoms with van der Waals surface area (Å²) in [5.74, 6) is 0.256. The van der Waals surface area contributed by atoms with Crippen LogP contribution in [0.4, 0.5) is 0 Å². The molecule has 1 fully saturated rings. The van der Waals surface area contributed by atoms with Crippen molar-refractivity contribution in [1.82, 2.24) is 5.32 Å². The van der Waals surface area contributed by atoms with E-state index in [2.05, 4.69) is 5.32 Å². The lowest BCUT2D eigenvalue weighted by Gasteiger charge is -2.21. The first kappa shape index (κ1) is 14.2. The molecular weight excluding hydrogens is 238 g/mol. The Morgan fingerprint density at radius 2 is 2.05 bits per heavy atom. The Labute approximate surface area is 115 Å². The maximum atomic E-state index is 11.9. The SMILES string of the molecule is O=C(CCCCCC1COCC[N]1)c1ccccc1. The fraction of sp³-hybridized carbons (Fsp3) is 0.562. The molecule has 0 amide bonds. The first-order valence-corrected chi connectivity index (χ1v) is 7.19. The topological polar surface area (TPSA) is 40.4 Å². The van der Waals surface area contributed by atoms with Crippen molar-refractivity contribution in [2.45, 2.75) is 38.1 Å². The van der Waals surface area contributed by atoms with Crippen molar-refractivity contribution in [3.63, 3.8) is 0 Å². The van der Waals surface area contributed by atoms with E-state index in [0.717, 1.165) is 51.0 Å². The van der Waals surface area contributed by atoms with Crippen LogP contribution in [0.2, 0.25) is 0 Å². The third-order valence-electron chi connectivity index (χ3n) is 3.47. The predicted octanol–water partition coefficient (Wildman–Crippen LogP) is 2.82. The highest BCUT2D eigenvalue weighted by Crippen LogP contribution is 2.11. The third kappa shape index (κ3) is 5.13. The Bertz CT molecular complexity index is 372. The largest absolute Gasteiger partial charge is 0.378 e. The summed E-state index contributed by atoms with van der Waals surface area (Å²) in [6.07, 6.45) is 4.97. The summed E-state index contributed by atoms with van der Waals surface area (Å²) in [5.41, 5.74) is 0.832. The number of morpholine rings is 1. The second-order valence-corrected chi connectivity index (χ2v) is 5.02. The number of ether oxygens (including phenoxy) is 1. The summed E-state index contributed by atoms with van der Waals surface area (Å²) in [4.78, 5) is 11.9. The van der Waals surface area contributed by atoms with E-state index in [1.165, 1.54) is 0 Å². The van der Waals surface area contributed by atoms with E-state index in [4.69, 9.17) is 4.74 Å². The molecule has 1 atom stereocenters. The Morgan fingerprint density at radius 1 is 1.21 bits per heavy atom. The molecule has 1 aliphatic rings. The minimum Gasteiger partial charge on any atom is -0.378 e. The Balaban J connectivity index is 1.55. The number of nitrogens with zero attached hydrogens (tertiary/aromatic N) is 1. The molecule has 2 rings (SSSR count). The average Bonchev–Trinajstić information content (AvgIpc) is 2.49. The maximum Gasteiger partial charge on any atom is 0.162 e. The quantitative estimate of drug-likeness (QED) is 0.558. The van der Waals surface area contributed by atoms with Gasteiger partial charge in [-0.2, -0.15) is 0 Å². The first-order valence-electron chi connectivity index (χ1n) is 7.19. The molecule has 3 heteroatoms. The Kier molecular flexibility index (Phi) is 6.05. The minimum absolute atomic E-state index is 0.256. The molecule has 1 aromatic carbocycles. The highest BCUT2D eigenvalue weighted by Gasteiger charge is 2.13. The van der Waals surface area contributed by atoms with Gasteiger partial charge in [0.1, 0.15) is 0 Å². The van der Waals surface area contributed by atoms with Crippen molar-refractivity contribution >= 4 is 5.78 Å². The number of carbonyl (C=O) groups is 1. The van der Waals surface area contributed by atoms with Crippen LogP contribution in [0.3, 0.4) is 0 Å². The molecule has 0 aromatic heterocycles. The highest BCUT2D eigenvalue weighted by molar-refractivity contribution is 5.95. The van der Waals surface area contributed by atoms with E-state index in [1.807, 2.05) is 30.3 Å². The van der Waals surface area contributed by atoms with Gasteiger partial charge in [-0.15, -0.1) is 0 Å². The normalized spacial score (nSPS) is 19.3. The molecule has 1 heterocycles. The second kappa shape index (κ2) is 8.08. The molecule has 103 valence electrons. The van der Waals surface area contributed by atoms with E-state index in [1.54, 1.807) is 0 Å². The molecule has 0 bridgehead atoms. The van der Waals surface area contributed by atoms with Crippen molar-refractivity contribution in [1.29, 1.82) is 0 Å². The van der Waals surface area contributed by atoms with Gasteiger partial charge in [0.2, 0.25) is 0 Å². The molecule has 3 nitrogen and oxygen atoms in total. The van der Waals surface area contributed by atoms with Crippen molar-refractivity contribution in [3.8, 4) is 0 Å². The van der Waals surface area contributed by atoms with E-state index >= 15 is 0 Å². The number of benzene rings is 1. The van der Waals surface area contributed by atoms with Gasteiger partial charge < -0.3 is 4.74 Å². The van der Waals surface area contributed by atoms with E-state index in [9.17, 15) is 4.79 Å². The molecule has 0 saturated carbocycles. The summed E-state index contributed by atoms with van der Waals surface area (Å²) >= 11 is 0. The molecule has 0 N–H and O–H groups in total. The number of carbonyl (C=O) groups excluding carboxylic acids is 1. The monoisotopic (exact) mass is 260 g/mol. The van der Waals surface area contributed by atoms with Crippen LogP contribution in [-0.4, -0.2) is 31.6 Å². The van der Waals surface area contributed by atoms with Crippen LogP contribution in [0.25, 0.3) is 0 Å². The fourth-order valence-corrected chi connectivity index (χ4v) is 2.36. The van der Waals surface area contributed by atoms with Crippen molar-refractivity contribution in [3.05, 3.63) is 35.9 Å². The van der Waals surface area contributed by atoms with Crippen LogP contribution in [0.1, 0.15) is 42.5 Å². The van der Waals surface area contributed by atoms with Crippen molar-refractivity contribution in [2.24, 2.45) is 0 Å². The molecule has 19 heavy (non-hydrogen) atoms. The zero-order valence-corrected chi connectivity index (χ0v) is 11.4. The molecule has 1 aliphatic heterocycles. The zero-order chi connectivity index (χ0) is 13.3. The van der Waals surface area contributed by atoms with E-state index < -0.39 is 0 Å². The third-order valence-corrected chi connectivity index (χ3v) is 3.47. The van der Waals surface area contributed by atoms with Gasteiger partial charge in [-0.25, -0.2) is 5.32 Å². The molecule has 1 aromatic rings. The van der Waals surface area contributed by atoms with Gasteiger partial charge >= 0.3 is 0 Å². The van der Waals surface area contributed by atoms with Gasteiger partial charge in [0.15, 0.2) is 5.78 Å². The zero-order valence-electron chi connectivity index (χ0n) is 11.4. The van der Waals surface area contributed by atoms with Crippen LogP contribution in [-0.2, 0) is 4.74 Å². The number of hydrogen-bond acceptors (Lipinski definition) is 2. The number of ketones is 1. The number of hydrogen-bond donors (Lipinski definition) is 0. The molecular formula is C16H22NO2. The number of unbranched alkanes of at least 4 members (excludes halogenated alkanes) is 2. The van der Waals surface area contributed by atoms with Gasteiger partial charge in [-0.05, 0) is 12.8 Å². The second-order valence-electron chi connectivity index (χ2n) is 5.02. The molecule has 1 saturated heterocycles. The van der Waals surface area contributed by atoms with Crippen LogP contribution in [0, 0.1) is 0 Å². The van der Waals surface area contributed by atoms with Gasteiger partial charge in [0, 0.05) is 24.6 Å². The molecule has 1 unspecified atom stereocenters. The van der Waals surface area contributed by atoms with Crippen LogP contribution in [0.5, 0.6) is 0 Å². The number of rotatable bonds is 7. The summed E-state index contributed by atoms with van der Waals surface area (Å²) in [5, 5.41) is 4.52. The summed E-state index contributed by atoms with van der Waals surface area (Å²) < 4.78 is 5.39. The molecule has 1 radical (unpaired) electrons. The van der Waals surface area contributed by atoms with E-state index in [-0.39, 0.29) is 5.78 Å². The van der Waals surface area contributed by atoms with Gasteiger partial charge in [0.25, 0.3) is 0 Å². The highest BCUT2D eigenvalue weighted by atomic mass is 16.5. The average molecular weight is 260 g/mol.